The molecule has 0 radical (unpaired) electrons. The van der Waals surface area contributed by atoms with Crippen LogP contribution in [0.15, 0.2) is 30.5 Å². The van der Waals surface area contributed by atoms with Gasteiger partial charge in [-0.05, 0) is 30.5 Å². The molecule has 21 heavy (non-hydrogen) atoms. The maximum atomic E-state index is 5.87. The van der Waals surface area contributed by atoms with Crippen LogP contribution < -0.4 is 14.8 Å². The van der Waals surface area contributed by atoms with Gasteiger partial charge in [0.2, 0.25) is 5.88 Å². The van der Waals surface area contributed by atoms with Gasteiger partial charge in [-0.25, -0.2) is 4.98 Å². The van der Waals surface area contributed by atoms with E-state index in [1.807, 2.05) is 24.3 Å². The zero-order chi connectivity index (χ0) is 14.7. The molecule has 2 unspecified atom stereocenters. The van der Waals surface area contributed by atoms with Gasteiger partial charge in [0.05, 0.1) is 13.2 Å². The zero-order valence-corrected chi connectivity index (χ0v) is 12.3. The van der Waals surface area contributed by atoms with E-state index >= 15 is 0 Å². The van der Waals surface area contributed by atoms with Gasteiger partial charge in [0.1, 0.15) is 18.5 Å². The van der Waals surface area contributed by atoms with Crippen molar-refractivity contribution >= 4 is 10.8 Å². The Morgan fingerprint density at radius 2 is 2.24 bits per heavy atom. The topological polar surface area (TPSA) is 52.6 Å². The fourth-order valence-electron chi connectivity index (χ4n) is 2.51. The minimum atomic E-state index is 0.0522. The highest BCUT2D eigenvalue weighted by Crippen LogP contribution is 2.27. The molecule has 0 amide bonds. The Bertz CT molecular complexity index is 617. The summed E-state index contributed by atoms with van der Waals surface area (Å²) in [6.07, 6.45) is 2.02. The van der Waals surface area contributed by atoms with Gasteiger partial charge in [-0.2, -0.15) is 0 Å². The molecule has 1 saturated heterocycles. The number of aromatic nitrogens is 1. The lowest BCUT2D eigenvalue weighted by Gasteiger charge is -2.28. The van der Waals surface area contributed by atoms with E-state index in [2.05, 4.69) is 17.2 Å². The molecule has 0 bridgehead atoms. The summed E-state index contributed by atoms with van der Waals surface area (Å²) in [6, 6.07) is 7.84. The quantitative estimate of drug-likeness (QED) is 0.932. The summed E-state index contributed by atoms with van der Waals surface area (Å²) < 4.78 is 17.0. The molecule has 2 heterocycles. The van der Waals surface area contributed by atoms with Crippen LogP contribution in [0.5, 0.6) is 11.6 Å². The minimum absolute atomic E-state index is 0.0522. The Morgan fingerprint density at radius 3 is 3.05 bits per heavy atom. The Labute approximate surface area is 124 Å². The number of pyridine rings is 1. The molecular formula is C16H20N2O3. The summed E-state index contributed by atoms with van der Waals surface area (Å²) in [4.78, 5) is 4.33. The highest BCUT2D eigenvalue weighted by Gasteiger charge is 2.19. The average molecular weight is 288 g/mol. The third-order valence-corrected chi connectivity index (χ3v) is 3.57. The third-order valence-electron chi connectivity index (χ3n) is 3.57. The molecule has 1 fully saturated rings. The highest BCUT2D eigenvalue weighted by molar-refractivity contribution is 5.87. The third kappa shape index (κ3) is 3.25. The van der Waals surface area contributed by atoms with E-state index in [-0.39, 0.29) is 12.2 Å². The Hall–Kier alpha value is -1.85. The van der Waals surface area contributed by atoms with Crippen LogP contribution in [0, 0.1) is 0 Å². The predicted octanol–water partition coefficient (Wildman–Crippen LogP) is 2.00. The number of nitrogens with zero attached hydrogens (tertiary/aromatic N) is 1. The van der Waals surface area contributed by atoms with E-state index in [4.69, 9.17) is 14.2 Å². The van der Waals surface area contributed by atoms with Crippen molar-refractivity contribution in [3.05, 3.63) is 30.5 Å². The maximum absolute atomic E-state index is 5.87. The minimum Gasteiger partial charge on any atom is -0.497 e. The Balaban J connectivity index is 1.76. The Kier molecular flexibility index (Phi) is 4.22. The molecule has 3 rings (SSSR count). The van der Waals surface area contributed by atoms with Crippen LogP contribution in [-0.2, 0) is 4.74 Å². The largest absolute Gasteiger partial charge is 0.497 e. The molecule has 1 N–H and O–H groups in total. The van der Waals surface area contributed by atoms with Crippen LogP contribution in [0.4, 0.5) is 0 Å². The normalized spacial score (nSPS) is 22.2. The van der Waals surface area contributed by atoms with E-state index in [1.165, 1.54) is 0 Å². The van der Waals surface area contributed by atoms with Crippen molar-refractivity contribution in [2.24, 2.45) is 0 Å². The summed E-state index contributed by atoms with van der Waals surface area (Å²) in [5.41, 5.74) is 0. The van der Waals surface area contributed by atoms with Gasteiger partial charge >= 0.3 is 0 Å². The number of fused-ring (bicyclic) bond motifs is 1. The molecule has 1 aliphatic heterocycles. The van der Waals surface area contributed by atoms with Crippen LogP contribution >= 0.6 is 0 Å². The number of hydrogen-bond acceptors (Lipinski definition) is 5. The molecule has 2 aromatic rings. The van der Waals surface area contributed by atoms with Gasteiger partial charge in [-0.15, -0.1) is 0 Å². The first kappa shape index (κ1) is 14.1. The van der Waals surface area contributed by atoms with Crippen molar-refractivity contribution in [3.8, 4) is 11.6 Å². The van der Waals surface area contributed by atoms with Crippen LogP contribution in [0.2, 0.25) is 0 Å². The molecular weight excluding hydrogens is 268 g/mol. The molecule has 5 nitrogen and oxygen atoms in total. The smallest absolute Gasteiger partial charge is 0.221 e. The molecule has 1 aromatic heterocycles. The number of benzene rings is 1. The molecule has 1 aromatic carbocycles. The van der Waals surface area contributed by atoms with Crippen LogP contribution in [0.3, 0.4) is 0 Å². The first-order valence-corrected chi connectivity index (χ1v) is 7.18. The second-order valence-electron chi connectivity index (χ2n) is 5.24. The van der Waals surface area contributed by atoms with Crippen molar-refractivity contribution in [1.29, 1.82) is 0 Å². The van der Waals surface area contributed by atoms with Gasteiger partial charge in [-0.1, -0.05) is 6.07 Å². The van der Waals surface area contributed by atoms with Crippen LogP contribution in [-0.4, -0.2) is 44.0 Å². The molecule has 0 spiro atoms. The summed E-state index contributed by atoms with van der Waals surface area (Å²) in [5, 5.41) is 5.36. The fraction of sp³-hybridized carbons (Fsp3) is 0.438. The second-order valence-corrected chi connectivity index (χ2v) is 5.24. The first-order chi connectivity index (χ1) is 10.3. The molecule has 112 valence electrons. The number of morpholine rings is 1. The van der Waals surface area contributed by atoms with Gasteiger partial charge in [-0.3, -0.25) is 0 Å². The number of rotatable bonds is 4. The predicted molar refractivity (Wildman–Crippen MR) is 81.0 cm³/mol. The van der Waals surface area contributed by atoms with Gasteiger partial charge in [0.25, 0.3) is 0 Å². The van der Waals surface area contributed by atoms with Gasteiger partial charge < -0.3 is 19.5 Å². The van der Waals surface area contributed by atoms with E-state index in [0.29, 0.717) is 12.5 Å². The summed E-state index contributed by atoms with van der Waals surface area (Å²) in [5.74, 6) is 1.41. The lowest BCUT2D eigenvalue weighted by atomic mass is 10.1. The van der Waals surface area contributed by atoms with Crippen LogP contribution in [0.25, 0.3) is 10.8 Å². The van der Waals surface area contributed by atoms with Gasteiger partial charge in [0, 0.05) is 24.7 Å². The zero-order valence-electron chi connectivity index (χ0n) is 12.3. The Morgan fingerprint density at radius 1 is 1.33 bits per heavy atom. The maximum Gasteiger partial charge on any atom is 0.221 e. The lowest BCUT2D eigenvalue weighted by molar-refractivity contribution is -0.0474. The van der Waals surface area contributed by atoms with Crippen LogP contribution in [0.1, 0.15) is 6.92 Å². The van der Waals surface area contributed by atoms with Crippen molar-refractivity contribution in [1.82, 2.24) is 10.3 Å². The molecule has 2 atom stereocenters. The van der Waals surface area contributed by atoms with E-state index in [1.54, 1.807) is 13.3 Å². The molecule has 0 saturated carbocycles. The number of hydrogen-bond donors (Lipinski definition) is 1. The summed E-state index contributed by atoms with van der Waals surface area (Å²) >= 11 is 0. The van der Waals surface area contributed by atoms with Crippen molar-refractivity contribution < 1.29 is 14.2 Å². The molecule has 0 aliphatic carbocycles. The average Bonchev–Trinajstić information content (AvgIpc) is 2.52. The summed E-state index contributed by atoms with van der Waals surface area (Å²) in [7, 11) is 1.65. The standard InChI is InChI=1S/C16H20N2O3/c1-11-8-17-9-14(21-11)10-20-16-15-7-13(19-2)4-3-12(15)5-6-18-16/h3-7,11,14,17H,8-10H2,1-2H3. The first-order valence-electron chi connectivity index (χ1n) is 7.18. The lowest BCUT2D eigenvalue weighted by Crippen LogP contribution is -2.45. The number of ether oxygens (including phenoxy) is 3. The number of nitrogens with one attached hydrogen (secondary N) is 1. The van der Waals surface area contributed by atoms with E-state index < -0.39 is 0 Å². The van der Waals surface area contributed by atoms with E-state index in [0.717, 1.165) is 29.6 Å². The monoisotopic (exact) mass is 288 g/mol. The van der Waals surface area contributed by atoms with E-state index in [9.17, 15) is 0 Å². The SMILES string of the molecule is COc1ccc2ccnc(OCC3CNCC(C)O3)c2c1. The highest BCUT2D eigenvalue weighted by atomic mass is 16.5. The van der Waals surface area contributed by atoms with Gasteiger partial charge in [0.15, 0.2) is 0 Å². The van der Waals surface area contributed by atoms with Crippen molar-refractivity contribution in [2.45, 2.75) is 19.1 Å². The van der Waals surface area contributed by atoms with Crippen molar-refractivity contribution in [2.75, 3.05) is 26.8 Å². The van der Waals surface area contributed by atoms with Crippen molar-refractivity contribution in [3.63, 3.8) is 0 Å². The second kappa shape index (κ2) is 6.28. The molecule has 1 aliphatic rings. The number of methoxy groups -OCH3 is 1. The fourth-order valence-corrected chi connectivity index (χ4v) is 2.51. The molecule has 5 heteroatoms. The summed E-state index contributed by atoms with van der Waals surface area (Å²) in [6.45, 7) is 4.24.